The van der Waals surface area contributed by atoms with Crippen molar-refractivity contribution in [3.63, 3.8) is 0 Å². The fourth-order valence-corrected chi connectivity index (χ4v) is 1.25. The molecular formula is C9H9ClN6O. The number of nitrogens with zero attached hydrogens (tertiary/aromatic N) is 5. The van der Waals surface area contributed by atoms with Crippen molar-refractivity contribution in [3.8, 4) is 0 Å². The molecule has 0 fully saturated rings. The SMILES string of the molecule is CN(C)/C=N/c1nc2ncc(Cl)nc2c(=O)[nH]1. The van der Waals surface area contributed by atoms with E-state index in [9.17, 15) is 4.79 Å². The van der Waals surface area contributed by atoms with Crippen LogP contribution in [0.2, 0.25) is 5.15 Å². The van der Waals surface area contributed by atoms with E-state index in [2.05, 4.69) is 24.9 Å². The molecule has 8 heteroatoms. The zero-order valence-electron chi connectivity index (χ0n) is 9.18. The second kappa shape index (κ2) is 4.46. The van der Waals surface area contributed by atoms with Crippen LogP contribution in [-0.4, -0.2) is 45.3 Å². The van der Waals surface area contributed by atoms with Crippen LogP contribution in [0.25, 0.3) is 11.2 Å². The minimum absolute atomic E-state index is 0.0984. The Morgan fingerprint density at radius 2 is 2.24 bits per heavy atom. The Kier molecular flexibility index (Phi) is 3.01. The van der Waals surface area contributed by atoms with E-state index in [1.807, 2.05) is 14.1 Å². The van der Waals surface area contributed by atoms with Gasteiger partial charge < -0.3 is 4.90 Å². The van der Waals surface area contributed by atoms with Crippen LogP contribution < -0.4 is 5.56 Å². The van der Waals surface area contributed by atoms with Gasteiger partial charge in [-0.25, -0.2) is 15.0 Å². The molecule has 2 aromatic heterocycles. The highest BCUT2D eigenvalue weighted by Gasteiger charge is 2.06. The standard InChI is InChI=1S/C9H9ClN6O/c1-16(2)4-12-9-14-7-6(8(17)15-9)13-5(10)3-11-7/h3-4H,1-2H3,(H,11,14,15,17)/b12-4+. The summed E-state index contributed by atoms with van der Waals surface area (Å²) in [5.41, 5.74) is -0.110. The lowest BCUT2D eigenvalue weighted by Gasteiger charge is -2.02. The molecule has 0 atom stereocenters. The zero-order chi connectivity index (χ0) is 12.4. The van der Waals surface area contributed by atoms with E-state index in [1.54, 1.807) is 4.90 Å². The largest absolute Gasteiger partial charge is 0.369 e. The molecule has 0 saturated heterocycles. The summed E-state index contributed by atoms with van der Waals surface area (Å²) in [4.78, 5) is 31.6. The topological polar surface area (TPSA) is 87.1 Å². The van der Waals surface area contributed by atoms with Crippen molar-refractivity contribution in [2.75, 3.05) is 14.1 Å². The molecule has 0 spiro atoms. The molecule has 0 aromatic carbocycles. The molecule has 0 aliphatic rings. The fraction of sp³-hybridized carbons (Fsp3) is 0.222. The highest BCUT2D eigenvalue weighted by molar-refractivity contribution is 6.29. The van der Waals surface area contributed by atoms with E-state index in [0.717, 1.165) is 0 Å². The first kappa shape index (κ1) is 11.5. The molecule has 2 heterocycles. The maximum atomic E-state index is 11.7. The Balaban J connectivity index is 2.56. The summed E-state index contributed by atoms with van der Waals surface area (Å²) in [5.74, 6) is 0.174. The molecule has 88 valence electrons. The second-order valence-corrected chi connectivity index (χ2v) is 3.85. The Morgan fingerprint density at radius 1 is 1.47 bits per heavy atom. The summed E-state index contributed by atoms with van der Waals surface area (Å²) in [6.07, 6.45) is 2.85. The van der Waals surface area contributed by atoms with Gasteiger partial charge >= 0.3 is 0 Å². The van der Waals surface area contributed by atoms with Gasteiger partial charge in [0.15, 0.2) is 11.2 Å². The molecule has 1 N–H and O–H groups in total. The molecule has 17 heavy (non-hydrogen) atoms. The van der Waals surface area contributed by atoms with Gasteiger partial charge in [0.1, 0.15) is 5.15 Å². The Bertz CT molecular complexity index is 635. The second-order valence-electron chi connectivity index (χ2n) is 3.46. The van der Waals surface area contributed by atoms with Crippen LogP contribution >= 0.6 is 11.6 Å². The summed E-state index contributed by atoms with van der Waals surface area (Å²) in [7, 11) is 3.62. The monoisotopic (exact) mass is 252 g/mol. The summed E-state index contributed by atoms with van der Waals surface area (Å²) in [5, 5.41) is 0.148. The van der Waals surface area contributed by atoms with Crippen LogP contribution in [0.15, 0.2) is 16.0 Å². The van der Waals surface area contributed by atoms with E-state index >= 15 is 0 Å². The van der Waals surface area contributed by atoms with Crippen molar-refractivity contribution in [1.82, 2.24) is 24.8 Å². The number of aromatic amines is 1. The van der Waals surface area contributed by atoms with Gasteiger partial charge in [0, 0.05) is 14.1 Å². The van der Waals surface area contributed by atoms with Gasteiger partial charge in [-0.3, -0.25) is 9.78 Å². The smallest absolute Gasteiger partial charge is 0.280 e. The van der Waals surface area contributed by atoms with Gasteiger partial charge in [-0.15, -0.1) is 0 Å². The minimum atomic E-state index is -0.420. The molecule has 2 aromatic rings. The van der Waals surface area contributed by atoms with Gasteiger partial charge in [0.25, 0.3) is 5.56 Å². The van der Waals surface area contributed by atoms with Gasteiger partial charge in [-0.05, 0) is 0 Å². The number of aromatic nitrogens is 4. The normalized spacial score (nSPS) is 11.2. The van der Waals surface area contributed by atoms with Crippen molar-refractivity contribution >= 4 is 35.1 Å². The molecule has 0 bridgehead atoms. The number of fused-ring (bicyclic) bond motifs is 1. The van der Waals surface area contributed by atoms with Crippen molar-refractivity contribution in [1.29, 1.82) is 0 Å². The first-order valence-corrected chi connectivity index (χ1v) is 5.07. The van der Waals surface area contributed by atoms with Crippen molar-refractivity contribution < 1.29 is 0 Å². The maximum absolute atomic E-state index is 11.7. The molecule has 0 aliphatic carbocycles. The third kappa shape index (κ3) is 2.56. The lowest BCUT2D eigenvalue weighted by molar-refractivity contribution is 0.642. The van der Waals surface area contributed by atoms with Crippen molar-refractivity contribution in [2.45, 2.75) is 0 Å². The summed E-state index contributed by atoms with van der Waals surface area (Å²) in [6, 6.07) is 0. The van der Waals surface area contributed by atoms with Crippen LogP contribution in [0.5, 0.6) is 0 Å². The number of aliphatic imine (C=N–C) groups is 1. The number of hydrogen-bond donors (Lipinski definition) is 1. The third-order valence-corrected chi connectivity index (χ3v) is 1.97. The van der Waals surface area contributed by atoms with Gasteiger partial charge in [0.05, 0.1) is 12.5 Å². The van der Waals surface area contributed by atoms with E-state index in [4.69, 9.17) is 11.6 Å². The molecule has 0 amide bonds. The summed E-state index contributed by atoms with van der Waals surface area (Å²) < 4.78 is 0. The van der Waals surface area contributed by atoms with E-state index in [-0.39, 0.29) is 22.3 Å². The van der Waals surface area contributed by atoms with Crippen LogP contribution in [0.4, 0.5) is 5.95 Å². The van der Waals surface area contributed by atoms with E-state index in [0.29, 0.717) is 0 Å². The number of H-pyrrole nitrogens is 1. The average Bonchev–Trinajstić information content (AvgIpc) is 2.27. The Morgan fingerprint density at radius 3 is 2.94 bits per heavy atom. The predicted octanol–water partition coefficient (Wildman–Crippen LogP) is 0.588. The Labute approximate surface area is 101 Å². The van der Waals surface area contributed by atoms with E-state index < -0.39 is 5.56 Å². The predicted molar refractivity (Wildman–Crippen MR) is 64.8 cm³/mol. The molecular weight excluding hydrogens is 244 g/mol. The number of nitrogens with one attached hydrogen (secondary N) is 1. The molecule has 0 saturated carbocycles. The van der Waals surface area contributed by atoms with Crippen molar-refractivity contribution in [2.24, 2.45) is 4.99 Å². The summed E-state index contributed by atoms with van der Waals surface area (Å²) in [6.45, 7) is 0. The van der Waals surface area contributed by atoms with Gasteiger partial charge in [-0.2, -0.15) is 4.98 Å². The third-order valence-electron chi connectivity index (χ3n) is 1.79. The first-order chi connectivity index (χ1) is 8.06. The highest BCUT2D eigenvalue weighted by atomic mass is 35.5. The lowest BCUT2D eigenvalue weighted by atomic mass is 10.5. The molecule has 0 unspecified atom stereocenters. The van der Waals surface area contributed by atoms with Crippen LogP contribution in [0.3, 0.4) is 0 Å². The number of hydrogen-bond acceptors (Lipinski definition) is 5. The molecule has 7 nitrogen and oxygen atoms in total. The molecule has 0 aliphatic heterocycles. The minimum Gasteiger partial charge on any atom is -0.369 e. The number of halogens is 1. The van der Waals surface area contributed by atoms with Gasteiger partial charge in [-0.1, -0.05) is 11.6 Å². The van der Waals surface area contributed by atoms with Crippen molar-refractivity contribution in [3.05, 3.63) is 21.7 Å². The maximum Gasteiger partial charge on any atom is 0.280 e. The van der Waals surface area contributed by atoms with Crippen LogP contribution in [0, 0.1) is 0 Å². The lowest BCUT2D eigenvalue weighted by Crippen LogP contribution is -2.11. The average molecular weight is 253 g/mol. The molecule has 2 rings (SSSR count). The summed E-state index contributed by atoms with van der Waals surface area (Å²) >= 11 is 5.64. The van der Waals surface area contributed by atoms with Gasteiger partial charge in [0.2, 0.25) is 5.95 Å². The van der Waals surface area contributed by atoms with E-state index in [1.165, 1.54) is 12.5 Å². The van der Waals surface area contributed by atoms with Crippen LogP contribution in [0.1, 0.15) is 0 Å². The first-order valence-electron chi connectivity index (χ1n) is 4.69. The Hall–Kier alpha value is -2.02. The highest BCUT2D eigenvalue weighted by Crippen LogP contribution is 2.08. The van der Waals surface area contributed by atoms with Crippen LogP contribution in [-0.2, 0) is 0 Å². The zero-order valence-corrected chi connectivity index (χ0v) is 9.93. The molecule has 0 radical (unpaired) electrons. The quantitative estimate of drug-likeness (QED) is 0.624. The fourth-order valence-electron chi connectivity index (χ4n) is 1.12. The number of rotatable bonds is 2.